The average molecular weight is 318 g/mol. The lowest BCUT2D eigenvalue weighted by Crippen LogP contribution is -2.27. The fraction of sp³-hybridized carbons (Fsp3) is 0.294. The second-order valence-electron chi connectivity index (χ2n) is 5.20. The molecule has 1 aromatic carbocycles. The molecule has 0 radical (unpaired) electrons. The maximum atomic E-state index is 13.4. The molecule has 122 valence electrons. The Morgan fingerprint density at radius 2 is 2.04 bits per heavy atom. The van der Waals surface area contributed by atoms with Crippen LogP contribution in [0.25, 0.3) is 0 Å². The monoisotopic (exact) mass is 318 g/mol. The number of amides is 2. The summed E-state index contributed by atoms with van der Waals surface area (Å²) >= 11 is 0. The predicted molar refractivity (Wildman–Crippen MR) is 83.3 cm³/mol. The third kappa shape index (κ3) is 5.25. The molecule has 6 heteroatoms. The molecule has 1 aromatic heterocycles. The average Bonchev–Trinajstić information content (AvgIpc) is 3.07. The molecule has 0 saturated heterocycles. The molecule has 0 spiro atoms. The van der Waals surface area contributed by atoms with Gasteiger partial charge in [-0.25, -0.2) is 4.39 Å². The van der Waals surface area contributed by atoms with Gasteiger partial charge in [-0.05, 0) is 42.7 Å². The number of furan rings is 1. The fourth-order valence-electron chi connectivity index (χ4n) is 1.98. The number of nitrogens with one attached hydrogen (secondary N) is 2. The first-order valence-corrected chi connectivity index (χ1v) is 7.39. The zero-order valence-corrected chi connectivity index (χ0v) is 12.9. The van der Waals surface area contributed by atoms with E-state index in [1.807, 2.05) is 0 Å². The minimum Gasteiger partial charge on any atom is -0.459 e. The van der Waals surface area contributed by atoms with Crippen molar-refractivity contribution in [1.82, 2.24) is 10.6 Å². The summed E-state index contributed by atoms with van der Waals surface area (Å²) in [5.41, 5.74) is 1.29. The lowest BCUT2D eigenvalue weighted by molar-refractivity contribution is -0.121. The van der Waals surface area contributed by atoms with Crippen LogP contribution >= 0.6 is 0 Å². The number of aryl methyl sites for hydroxylation is 1. The first-order valence-electron chi connectivity index (χ1n) is 7.39. The van der Waals surface area contributed by atoms with Gasteiger partial charge >= 0.3 is 0 Å². The number of carbonyl (C=O) groups excluding carboxylic acids is 2. The Morgan fingerprint density at radius 1 is 1.22 bits per heavy atom. The summed E-state index contributed by atoms with van der Waals surface area (Å²) in [6.45, 7) is 2.36. The van der Waals surface area contributed by atoms with Crippen molar-refractivity contribution in [2.75, 3.05) is 6.54 Å². The van der Waals surface area contributed by atoms with Crippen molar-refractivity contribution in [1.29, 1.82) is 0 Å². The summed E-state index contributed by atoms with van der Waals surface area (Å²) < 4.78 is 18.3. The summed E-state index contributed by atoms with van der Waals surface area (Å²) in [6.07, 6.45) is 2.23. The van der Waals surface area contributed by atoms with E-state index in [-0.39, 0.29) is 36.4 Å². The maximum absolute atomic E-state index is 13.4. The van der Waals surface area contributed by atoms with E-state index in [1.165, 1.54) is 12.3 Å². The van der Waals surface area contributed by atoms with Gasteiger partial charge in [-0.1, -0.05) is 12.1 Å². The van der Waals surface area contributed by atoms with Gasteiger partial charge in [-0.2, -0.15) is 0 Å². The Hall–Kier alpha value is -2.63. The normalized spacial score (nSPS) is 10.3. The van der Waals surface area contributed by atoms with E-state index in [0.29, 0.717) is 24.1 Å². The van der Waals surface area contributed by atoms with Crippen molar-refractivity contribution in [3.05, 3.63) is 59.3 Å². The van der Waals surface area contributed by atoms with E-state index >= 15 is 0 Å². The third-order valence-electron chi connectivity index (χ3n) is 3.34. The highest BCUT2D eigenvalue weighted by Crippen LogP contribution is 2.09. The van der Waals surface area contributed by atoms with E-state index in [4.69, 9.17) is 4.42 Å². The van der Waals surface area contributed by atoms with Crippen LogP contribution in [-0.4, -0.2) is 18.4 Å². The van der Waals surface area contributed by atoms with Crippen LogP contribution in [0.3, 0.4) is 0 Å². The Bertz CT molecular complexity index is 668. The molecule has 0 atom stereocenters. The summed E-state index contributed by atoms with van der Waals surface area (Å²) in [4.78, 5) is 23.3. The van der Waals surface area contributed by atoms with Gasteiger partial charge in [0.1, 0.15) is 5.82 Å². The minimum atomic E-state index is -0.300. The van der Waals surface area contributed by atoms with Crippen LogP contribution in [0.5, 0.6) is 0 Å². The number of hydrogen-bond donors (Lipinski definition) is 2. The van der Waals surface area contributed by atoms with Crippen molar-refractivity contribution in [3.8, 4) is 0 Å². The van der Waals surface area contributed by atoms with Crippen LogP contribution in [0.1, 0.15) is 34.5 Å². The molecule has 2 aromatic rings. The highest BCUT2D eigenvalue weighted by atomic mass is 19.1. The van der Waals surface area contributed by atoms with E-state index in [9.17, 15) is 14.0 Å². The molecule has 0 aliphatic carbocycles. The number of halogens is 1. The van der Waals surface area contributed by atoms with Gasteiger partial charge in [0, 0.05) is 19.5 Å². The summed E-state index contributed by atoms with van der Waals surface area (Å²) in [6, 6.07) is 8.08. The molecule has 0 aliphatic rings. The smallest absolute Gasteiger partial charge is 0.286 e. The predicted octanol–water partition coefficient (Wildman–Crippen LogP) is 2.55. The Kier molecular flexibility index (Phi) is 5.91. The minimum absolute atomic E-state index is 0.141. The first-order chi connectivity index (χ1) is 11.1. The molecule has 0 fully saturated rings. The summed E-state index contributed by atoms with van der Waals surface area (Å²) in [5, 5.41) is 5.39. The van der Waals surface area contributed by atoms with Crippen molar-refractivity contribution in [2.24, 2.45) is 0 Å². The fourth-order valence-corrected chi connectivity index (χ4v) is 1.98. The SMILES string of the molecule is Cc1ccc(CNC(=O)CCCNC(=O)c2ccco2)cc1F. The van der Waals surface area contributed by atoms with E-state index in [2.05, 4.69) is 10.6 Å². The Balaban J connectivity index is 1.63. The van der Waals surface area contributed by atoms with Crippen LogP contribution in [0.4, 0.5) is 4.39 Å². The van der Waals surface area contributed by atoms with Crippen molar-refractivity contribution in [2.45, 2.75) is 26.3 Å². The Labute approximate surface area is 133 Å². The standard InChI is InChI=1S/C17H19FN2O3/c1-12-6-7-13(10-14(12)18)11-20-16(21)5-2-8-19-17(22)15-4-3-9-23-15/h3-4,6-7,9-10H,2,5,8,11H2,1H3,(H,19,22)(H,20,21). The molecular formula is C17H19FN2O3. The number of rotatable bonds is 7. The zero-order chi connectivity index (χ0) is 16.7. The molecule has 0 saturated carbocycles. The third-order valence-corrected chi connectivity index (χ3v) is 3.34. The van der Waals surface area contributed by atoms with Gasteiger partial charge in [0.05, 0.1) is 6.26 Å². The van der Waals surface area contributed by atoms with E-state index in [0.717, 1.165) is 0 Å². The van der Waals surface area contributed by atoms with E-state index < -0.39 is 0 Å². The largest absolute Gasteiger partial charge is 0.459 e. The van der Waals surface area contributed by atoms with Gasteiger partial charge in [-0.15, -0.1) is 0 Å². The number of carbonyl (C=O) groups is 2. The lowest BCUT2D eigenvalue weighted by Gasteiger charge is -2.07. The molecule has 0 aliphatic heterocycles. The molecule has 2 rings (SSSR count). The number of benzene rings is 1. The molecule has 23 heavy (non-hydrogen) atoms. The Morgan fingerprint density at radius 3 is 2.74 bits per heavy atom. The van der Waals surface area contributed by atoms with Crippen LogP contribution in [0.15, 0.2) is 41.0 Å². The molecule has 5 nitrogen and oxygen atoms in total. The summed E-state index contributed by atoms with van der Waals surface area (Å²) in [7, 11) is 0. The second kappa shape index (κ2) is 8.12. The molecular weight excluding hydrogens is 299 g/mol. The van der Waals surface area contributed by atoms with E-state index in [1.54, 1.807) is 31.2 Å². The first kappa shape index (κ1) is 16.7. The summed E-state index contributed by atoms with van der Waals surface area (Å²) in [5.74, 6) is -0.475. The van der Waals surface area contributed by atoms with Crippen molar-refractivity contribution in [3.63, 3.8) is 0 Å². The molecule has 1 heterocycles. The second-order valence-corrected chi connectivity index (χ2v) is 5.20. The molecule has 0 unspecified atom stereocenters. The van der Waals surface area contributed by atoms with Crippen molar-refractivity contribution < 1.29 is 18.4 Å². The van der Waals surface area contributed by atoms with Gasteiger partial charge in [-0.3, -0.25) is 9.59 Å². The highest BCUT2D eigenvalue weighted by molar-refractivity contribution is 5.91. The molecule has 2 amide bonds. The van der Waals surface area contributed by atoms with Crippen LogP contribution in [-0.2, 0) is 11.3 Å². The van der Waals surface area contributed by atoms with Gasteiger partial charge < -0.3 is 15.1 Å². The van der Waals surface area contributed by atoms with Crippen LogP contribution < -0.4 is 10.6 Å². The maximum Gasteiger partial charge on any atom is 0.286 e. The molecule has 2 N–H and O–H groups in total. The zero-order valence-electron chi connectivity index (χ0n) is 12.9. The van der Waals surface area contributed by atoms with Crippen molar-refractivity contribution >= 4 is 11.8 Å². The highest BCUT2D eigenvalue weighted by Gasteiger charge is 2.08. The van der Waals surface area contributed by atoms with Crippen LogP contribution in [0.2, 0.25) is 0 Å². The quantitative estimate of drug-likeness (QED) is 0.771. The number of hydrogen-bond acceptors (Lipinski definition) is 3. The van der Waals surface area contributed by atoms with Gasteiger partial charge in [0.25, 0.3) is 5.91 Å². The van der Waals surface area contributed by atoms with Gasteiger partial charge in [0.2, 0.25) is 5.91 Å². The van der Waals surface area contributed by atoms with Gasteiger partial charge in [0.15, 0.2) is 5.76 Å². The van der Waals surface area contributed by atoms with Crippen LogP contribution in [0, 0.1) is 12.7 Å². The lowest BCUT2D eigenvalue weighted by atomic mass is 10.1. The molecule has 0 bridgehead atoms. The topological polar surface area (TPSA) is 71.3 Å².